The predicted octanol–water partition coefficient (Wildman–Crippen LogP) is 2.09. The molecule has 1 amide bonds. The number of ether oxygens (including phenoxy) is 1. The molecule has 10 nitrogen and oxygen atoms in total. The van der Waals surface area contributed by atoms with E-state index in [-0.39, 0.29) is 49.9 Å². The molecule has 3 N–H and O–H groups in total. The lowest BCUT2D eigenvalue weighted by Crippen LogP contribution is -2.25. The summed E-state index contributed by atoms with van der Waals surface area (Å²) in [5, 5.41) is 2.46. The average molecular weight is 508 g/mol. The SMILES string of the molecule is CN(C)S(=O)(=O)c1cccc(NC(=O)COC(=O)c2ccc3c(c2N)C(=O)c2ccccc2C3=O)c1. The van der Waals surface area contributed by atoms with E-state index in [1.807, 2.05) is 0 Å². The van der Waals surface area contributed by atoms with Gasteiger partial charge in [-0.1, -0.05) is 30.3 Å². The van der Waals surface area contributed by atoms with E-state index < -0.39 is 34.3 Å². The largest absolute Gasteiger partial charge is 0.452 e. The maximum absolute atomic E-state index is 13.0. The number of sulfonamides is 1. The standard InChI is InChI=1S/C25H21N3O7S/c1-28(2)36(33,34)15-7-5-6-14(12-15)27-20(29)13-35-25(32)19-11-10-18-21(22(19)26)24(31)17-9-4-3-8-16(17)23(18)30/h3-12H,13,26H2,1-2H3,(H,27,29). The lowest BCUT2D eigenvalue weighted by Gasteiger charge is -2.20. The second-order valence-electron chi connectivity index (χ2n) is 8.09. The predicted molar refractivity (Wildman–Crippen MR) is 130 cm³/mol. The second kappa shape index (κ2) is 9.36. The zero-order chi connectivity index (χ0) is 26.2. The van der Waals surface area contributed by atoms with E-state index in [4.69, 9.17) is 10.5 Å². The Morgan fingerprint density at radius 1 is 0.917 bits per heavy atom. The van der Waals surface area contributed by atoms with Gasteiger partial charge in [0.05, 0.1) is 21.7 Å². The van der Waals surface area contributed by atoms with E-state index >= 15 is 0 Å². The molecule has 0 spiro atoms. The number of carbonyl (C=O) groups excluding carboxylic acids is 4. The molecular formula is C25H21N3O7S. The molecule has 0 fully saturated rings. The third-order valence-electron chi connectivity index (χ3n) is 5.58. The highest BCUT2D eigenvalue weighted by Crippen LogP contribution is 2.33. The highest BCUT2D eigenvalue weighted by Gasteiger charge is 2.33. The van der Waals surface area contributed by atoms with Crippen LogP contribution in [0.4, 0.5) is 11.4 Å². The molecule has 0 radical (unpaired) electrons. The topological polar surface area (TPSA) is 153 Å². The number of rotatable bonds is 6. The molecular weight excluding hydrogens is 486 g/mol. The minimum Gasteiger partial charge on any atom is -0.452 e. The Bertz CT molecular complexity index is 1540. The van der Waals surface area contributed by atoms with Gasteiger partial charge in [0.15, 0.2) is 18.2 Å². The third-order valence-corrected chi connectivity index (χ3v) is 7.40. The Morgan fingerprint density at radius 3 is 2.25 bits per heavy atom. The summed E-state index contributed by atoms with van der Waals surface area (Å²) < 4.78 is 30.6. The molecule has 4 rings (SSSR count). The molecule has 1 aliphatic rings. The molecule has 0 atom stereocenters. The fraction of sp³-hybridized carbons (Fsp3) is 0.120. The first-order chi connectivity index (χ1) is 17.0. The van der Waals surface area contributed by atoms with Crippen LogP contribution in [0.1, 0.15) is 42.2 Å². The summed E-state index contributed by atoms with van der Waals surface area (Å²) in [6, 6.07) is 14.5. The van der Waals surface area contributed by atoms with E-state index in [1.54, 1.807) is 18.2 Å². The van der Waals surface area contributed by atoms with Gasteiger partial charge in [0.2, 0.25) is 10.0 Å². The molecule has 0 heterocycles. The molecule has 0 saturated heterocycles. The van der Waals surface area contributed by atoms with Crippen LogP contribution in [-0.2, 0) is 19.6 Å². The average Bonchev–Trinajstić information content (AvgIpc) is 2.85. The lowest BCUT2D eigenvalue weighted by atomic mass is 9.82. The number of esters is 1. The summed E-state index contributed by atoms with van der Waals surface area (Å²) in [6.07, 6.45) is 0. The number of nitrogens with one attached hydrogen (secondary N) is 1. The Balaban J connectivity index is 1.48. The number of nitrogen functional groups attached to an aromatic ring is 1. The number of anilines is 2. The number of benzene rings is 3. The number of ketones is 2. The lowest BCUT2D eigenvalue weighted by molar-refractivity contribution is -0.119. The summed E-state index contributed by atoms with van der Waals surface area (Å²) in [6.45, 7) is -0.699. The number of nitrogens with two attached hydrogens (primary N) is 1. The molecule has 0 aliphatic heterocycles. The highest BCUT2D eigenvalue weighted by molar-refractivity contribution is 7.89. The number of hydrogen-bond acceptors (Lipinski definition) is 8. The van der Waals surface area contributed by atoms with Crippen molar-refractivity contribution in [1.29, 1.82) is 0 Å². The summed E-state index contributed by atoms with van der Waals surface area (Å²) in [5.41, 5.74) is 6.33. The fourth-order valence-corrected chi connectivity index (χ4v) is 4.69. The molecule has 36 heavy (non-hydrogen) atoms. The van der Waals surface area contributed by atoms with Crippen LogP contribution in [0.2, 0.25) is 0 Å². The molecule has 0 unspecified atom stereocenters. The Kier molecular flexibility index (Phi) is 6.44. The number of carbonyl (C=O) groups is 4. The highest BCUT2D eigenvalue weighted by atomic mass is 32.2. The van der Waals surface area contributed by atoms with Crippen LogP contribution in [-0.4, -0.2) is 56.9 Å². The van der Waals surface area contributed by atoms with Crippen molar-refractivity contribution in [2.24, 2.45) is 0 Å². The molecule has 0 saturated carbocycles. The van der Waals surface area contributed by atoms with Gasteiger partial charge in [-0.25, -0.2) is 17.5 Å². The summed E-state index contributed by atoms with van der Waals surface area (Å²) >= 11 is 0. The summed E-state index contributed by atoms with van der Waals surface area (Å²) in [7, 11) is -0.938. The van der Waals surface area contributed by atoms with Gasteiger partial charge in [0.25, 0.3) is 5.91 Å². The Labute approximate surface area is 206 Å². The summed E-state index contributed by atoms with van der Waals surface area (Å²) in [5.74, 6) is -2.56. The normalized spacial score (nSPS) is 12.6. The van der Waals surface area contributed by atoms with Gasteiger partial charge in [-0.3, -0.25) is 14.4 Å². The maximum Gasteiger partial charge on any atom is 0.340 e. The van der Waals surface area contributed by atoms with E-state index in [2.05, 4.69) is 5.32 Å². The van der Waals surface area contributed by atoms with Gasteiger partial charge in [-0.05, 0) is 30.3 Å². The van der Waals surface area contributed by atoms with Gasteiger partial charge in [-0.15, -0.1) is 0 Å². The zero-order valence-corrected chi connectivity index (χ0v) is 20.1. The Hall–Kier alpha value is -4.35. The molecule has 0 aromatic heterocycles. The first-order valence-corrected chi connectivity index (χ1v) is 12.1. The van der Waals surface area contributed by atoms with Gasteiger partial charge in [-0.2, -0.15) is 0 Å². The third kappa shape index (κ3) is 4.37. The minimum atomic E-state index is -3.71. The molecule has 1 aliphatic carbocycles. The van der Waals surface area contributed by atoms with Gasteiger partial charge < -0.3 is 15.8 Å². The molecule has 3 aromatic carbocycles. The number of hydrogen-bond donors (Lipinski definition) is 2. The minimum absolute atomic E-state index is 0.0232. The molecule has 0 bridgehead atoms. The number of nitrogens with zero attached hydrogens (tertiary/aromatic N) is 1. The van der Waals surface area contributed by atoms with Crippen molar-refractivity contribution >= 4 is 44.8 Å². The van der Waals surface area contributed by atoms with Crippen LogP contribution in [0.15, 0.2) is 65.6 Å². The van der Waals surface area contributed by atoms with E-state index in [9.17, 15) is 27.6 Å². The van der Waals surface area contributed by atoms with Crippen molar-refractivity contribution in [3.05, 3.63) is 88.5 Å². The van der Waals surface area contributed by atoms with E-state index in [0.29, 0.717) is 0 Å². The number of amides is 1. The monoisotopic (exact) mass is 507 g/mol. The maximum atomic E-state index is 13.0. The van der Waals surface area contributed by atoms with Crippen LogP contribution in [0.3, 0.4) is 0 Å². The van der Waals surface area contributed by atoms with Crippen molar-refractivity contribution in [1.82, 2.24) is 4.31 Å². The van der Waals surface area contributed by atoms with Gasteiger partial charge in [0.1, 0.15) is 0 Å². The van der Waals surface area contributed by atoms with Crippen LogP contribution >= 0.6 is 0 Å². The summed E-state index contributed by atoms with van der Waals surface area (Å²) in [4.78, 5) is 50.7. The van der Waals surface area contributed by atoms with Gasteiger partial charge in [0, 0.05) is 36.5 Å². The molecule has 11 heteroatoms. The first-order valence-electron chi connectivity index (χ1n) is 10.6. The number of fused-ring (bicyclic) bond motifs is 2. The Morgan fingerprint density at radius 2 is 1.58 bits per heavy atom. The smallest absolute Gasteiger partial charge is 0.340 e. The second-order valence-corrected chi connectivity index (χ2v) is 10.2. The molecule has 184 valence electrons. The zero-order valence-electron chi connectivity index (χ0n) is 19.3. The van der Waals surface area contributed by atoms with Crippen molar-refractivity contribution in [3.8, 4) is 0 Å². The van der Waals surface area contributed by atoms with Crippen LogP contribution in [0.5, 0.6) is 0 Å². The fourth-order valence-electron chi connectivity index (χ4n) is 3.74. The molecule has 3 aromatic rings. The van der Waals surface area contributed by atoms with Crippen molar-refractivity contribution < 1.29 is 32.3 Å². The van der Waals surface area contributed by atoms with Crippen molar-refractivity contribution in [3.63, 3.8) is 0 Å². The quantitative estimate of drug-likeness (QED) is 0.297. The van der Waals surface area contributed by atoms with E-state index in [0.717, 1.165) is 4.31 Å². The van der Waals surface area contributed by atoms with Crippen LogP contribution < -0.4 is 11.1 Å². The first kappa shape index (κ1) is 24.8. The van der Waals surface area contributed by atoms with E-state index in [1.165, 1.54) is 56.6 Å². The van der Waals surface area contributed by atoms with Crippen molar-refractivity contribution in [2.75, 3.05) is 31.8 Å². The van der Waals surface area contributed by atoms with Crippen LogP contribution in [0.25, 0.3) is 0 Å². The van der Waals surface area contributed by atoms with Crippen molar-refractivity contribution in [2.45, 2.75) is 4.90 Å². The van der Waals surface area contributed by atoms with Gasteiger partial charge >= 0.3 is 5.97 Å². The van der Waals surface area contributed by atoms with Crippen LogP contribution in [0, 0.1) is 0 Å².